The molecule has 0 unspecified atom stereocenters. The summed E-state index contributed by atoms with van der Waals surface area (Å²) in [5, 5.41) is 8.73. The van der Waals surface area contributed by atoms with Crippen molar-refractivity contribution in [3.8, 4) is 0 Å². The molecule has 2 heterocycles. The molecule has 1 aromatic carbocycles. The van der Waals surface area contributed by atoms with Crippen LogP contribution in [0.4, 0.5) is 5.82 Å². The first-order chi connectivity index (χ1) is 10.6. The number of carbonyl (C=O) groups excluding carboxylic acids is 1. The summed E-state index contributed by atoms with van der Waals surface area (Å²) >= 11 is 3.47. The first-order valence-electron chi connectivity index (χ1n) is 7.24. The van der Waals surface area contributed by atoms with Crippen LogP contribution in [0.5, 0.6) is 0 Å². The third-order valence-corrected chi connectivity index (χ3v) is 4.80. The lowest BCUT2D eigenvalue weighted by molar-refractivity contribution is -0.116. The lowest BCUT2D eigenvalue weighted by Crippen LogP contribution is -2.29. The molecule has 3 N–H and O–H groups in total. The van der Waals surface area contributed by atoms with Gasteiger partial charge in [-0.1, -0.05) is 28.1 Å². The topological polar surface area (TPSA) is 77.8 Å². The molecule has 2 aliphatic rings. The molecule has 6 heteroatoms. The number of halogens is 1. The van der Waals surface area contributed by atoms with Crippen LogP contribution in [0.1, 0.15) is 36.3 Å². The van der Waals surface area contributed by atoms with Crippen LogP contribution in [0.15, 0.2) is 44.8 Å². The molecule has 4 rings (SSSR count). The Morgan fingerprint density at radius 2 is 2.00 bits per heavy atom. The smallest absolute Gasteiger partial charge is 0.270 e. The number of ketones is 1. The van der Waals surface area contributed by atoms with Crippen molar-refractivity contribution in [1.29, 1.82) is 0 Å². The molecule has 1 aliphatic carbocycles. The predicted octanol–water partition coefficient (Wildman–Crippen LogP) is 3.03. The molecule has 1 atom stereocenters. The highest BCUT2D eigenvalue weighted by Crippen LogP contribution is 2.43. The van der Waals surface area contributed by atoms with Crippen LogP contribution in [-0.2, 0) is 4.79 Å². The fraction of sp³-hybridized carbons (Fsp3) is 0.250. The minimum Gasteiger partial charge on any atom is -0.343 e. The highest BCUT2D eigenvalue weighted by molar-refractivity contribution is 9.10. The standard InChI is InChI=1S/C16H14BrN3O2/c17-9-4-1-3-8(7-9)12-13-10(5-2-6-11(13)21)18-15-14(12)16(22)20-19-15/h1,3-4,7,12H,2,5-6H2,(H3,18,19,20,22)/t12-/m1/s1. The van der Waals surface area contributed by atoms with E-state index in [1.54, 1.807) is 0 Å². The van der Waals surface area contributed by atoms with Gasteiger partial charge in [-0.15, -0.1) is 0 Å². The first-order valence-corrected chi connectivity index (χ1v) is 8.03. The molecule has 0 bridgehead atoms. The van der Waals surface area contributed by atoms with Crippen molar-refractivity contribution in [3.05, 3.63) is 61.5 Å². The van der Waals surface area contributed by atoms with E-state index in [1.165, 1.54) is 0 Å². The Balaban J connectivity index is 1.98. The van der Waals surface area contributed by atoms with E-state index >= 15 is 0 Å². The Morgan fingerprint density at radius 3 is 2.82 bits per heavy atom. The van der Waals surface area contributed by atoms with E-state index in [9.17, 15) is 9.59 Å². The minimum atomic E-state index is -0.313. The molecular weight excluding hydrogens is 346 g/mol. The van der Waals surface area contributed by atoms with Crippen LogP contribution in [0.3, 0.4) is 0 Å². The summed E-state index contributed by atoms with van der Waals surface area (Å²) in [5.74, 6) is 0.486. The van der Waals surface area contributed by atoms with E-state index in [0.717, 1.165) is 34.1 Å². The molecule has 1 aliphatic heterocycles. The van der Waals surface area contributed by atoms with Crippen molar-refractivity contribution in [1.82, 2.24) is 10.2 Å². The average molecular weight is 360 g/mol. The maximum Gasteiger partial charge on any atom is 0.270 e. The number of allylic oxidation sites excluding steroid dienone is 2. The van der Waals surface area contributed by atoms with Crippen LogP contribution in [-0.4, -0.2) is 16.0 Å². The Hall–Kier alpha value is -2.08. The van der Waals surface area contributed by atoms with Gasteiger partial charge in [0.1, 0.15) is 5.82 Å². The largest absolute Gasteiger partial charge is 0.343 e. The van der Waals surface area contributed by atoms with Gasteiger partial charge in [-0.3, -0.25) is 19.8 Å². The quantitative estimate of drug-likeness (QED) is 0.732. The number of H-pyrrole nitrogens is 2. The van der Waals surface area contributed by atoms with Gasteiger partial charge >= 0.3 is 0 Å². The number of rotatable bonds is 1. The van der Waals surface area contributed by atoms with E-state index in [-0.39, 0.29) is 17.3 Å². The van der Waals surface area contributed by atoms with Crippen LogP contribution in [0, 0.1) is 0 Å². The fourth-order valence-corrected chi connectivity index (χ4v) is 3.80. The molecule has 0 fully saturated rings. The molecule has 0 spiro atoms. The Bertz CT molecular complexity index is 862. The van der Waals surface area contributed by atoms with Crippen LogP contribution >= 0.6 is 15.9 Å². The van der Waals surface area contributed by atoms with Gasteiger partial charge in [0.25, 0.3) is 5.56 Å². The number of carbonyl (C=O) groups is 1. The van der Waals surface area contributed by atoms with Gasteiger partial charge in [-0.25, -0.2) is 0 Å². The monoisotopic (exact) mass is 359 g/mol. The maximum atomic E-state index is 12.5. The summed E-state index contributed by atoms with van der Waals surface area (Å²) < 4.78 is 0.933. The number of aromatic amines is 2. The molecule has 0 saturated heterocycles. The third kappa shape index (κ3) is 1.98. The average Bonchev–Trinajstić information content (AvgIpc) is 2.87. The third-order valence-electron chi connectivity index (χ3n) is 4.31. The highest BCUT2D eigenvalue weighted by Gasteiger charge is 2.37. The molecule has 0 saturated carbocycles. The van der Waals surface area contributed by atoms with E-state index in [0.29, 0.717) is 17.8 Å². The number of nitrogens with one attached hydrogen (secondary N) is 3. The van der Waals surface area contributed by atoms with Gasteiger partial charge in [0.05, 0.1) is 5.56 Å². The highest BCUT2D eigenvalue weighted by atomic mass is 79.9. The van der Waals surface area contributed by atoms with E-state index in [1.807, 2.05) is 24.3 Å². The fourth-order valence-electron chi connectivity index (χ4n) is 3.38. The molecule has 0 radical (unpaired) electrons. The molecular formula is C16H14BrN3O2. The van der Waals surface area contributed by atoms with Crippen LogP contribution in [0.2, 0.25) is 0 Å². The summed E-state index contributed by atoms with van der Waals surface area (Å²) in [4.78, 5) is 24.7. The second kappa shape index (κ2) is 4.98. The second-order valence-corrected chi connectivity index (χ2v) is 6.57. The van der Waals surface area contributed by atoms with Gasteiger partial charge in [0.15, 0.2) is 5.78 Å². The van der Waals surface area contributed by atoms with E-state index in [4.69, 9.17) is 0 Å². The van der Waals surface area contributed by atoms with Crippen molar-refractivity contribution in [2.45, 2.75) is 25.2 Å². The van der Waals surface area contributed by atoms with Crippen molar-refractivity contribution in [2.75, 3.05) is 5.32 Å². The van der Waals surface area contributed by atoms with Crippen molar-refractivity contribution < 1.29 is 4.79 Å². The molecule has 112 valence electrons. The van der Waals surface area contributed by atoms with Gasteiger partial charge in [0.2, 0.25) is 0 Å². The minimum absolute atomic E-state index is 0.130. The number of aromatic nitrogens is 2. The summed E-state index contributed by atoms with van der Waals surface area (Å²) in [5.41, 5.74) is 3.03. The molecule has 2 aromatic rings. The number of hydrogen-bond acceptors (Lipinski definition) is 3. The maximum absolute atomic E-state index is 12.5. The van der Waals surface area contributed by atoms with Crippen molar-refractivity contribution >= 4 is 27.5 Å². The van der Waals surface area contributed by atoms with Gasteiger partial charge in [-0.2, -0.15) is 0 Å². The SMILES string of the molecule is O=C1CCCC2=C1[C@@H](c1cccc(Br)c1)c1c([nH][nH]c1=O)N2. The summed E-state index contributed by atoms with van der Waals surface area (Å²) in [7, 11) is 0. The number of fused-ring (bicyclic) bond motifs is 1. The predicted molar refractivity (Wildman–Crippen MR) is 86.9 cm³/mol. The van der Waals surface area contributed by atoms with Crippen LogP contribution in [0.25, 0.3) is 0 Å². The summed E-state index contributed by atoms with van der Waals surface area (Å²) in [6.07, 6.45) is 2.22. The van der Waals surface area contributed by atoms with Gasteiger partial charge < -0.3 is 5.32 Å². The zero-order valence-electron chi connectivity index (χ0n) is 11.7. The van der Waals surface area contributed by atoms with E-state index < -0.39 is 0 Å². The first kappa shape index (κ1) is 13.6. The Kier molecular flexibility index (Phi) is 3.07. The number of benzene rings is 1. The second-order valence-electron chi connectivity index (χ2n) is 5.65. The van der Waals surface area contributed by atoms with Crippen molar-refractivity contribution in [2.24, 2.45) is 0 Å². The Labute approximate surface area is 134 Å². The molecule has 5 nitrogen and oxygen atoms in total. The van der Waals surface area contributed by atoms with E-state index in [2.05, 4.69) is 31.4 Å². The Morgan fingerprint density at radius 1 is 1.14 bits per heavy atom. The zero-order valence-corrected chi connectivity index (χ0v) is 13.3. The van der Waals surface area contributed by atoms with Gasteiger partial charge in [0, 0.05) is 28.1 Å². The lowest BCUT2D eigenvalue weighted by Gasteiger charge is -2.31. The van der Waals surface area contributed by atoms with Gasteiger partial charge in [-0.05, 0) is 30.5 Å². The normalized spacial score (nSPS) is 20.4. The molecule has 22 heavy (non-hydrogen) atoms. The molecule has 1 aromatic heterocycles. The van der Waals surface area contributed by atoms with Crippen LogP contribution < -0.4 is 10.9 Å². The zero-order chi connectivity index (χ0) is 15.3. The van der Waals surface area contributed by atoms with Crippen molar-refractivity contribution in [3.63, 3.8) is 0 Å². The number of anilines is 1. The number of hydrogen-bond donors (Lipinski definition) is 3. The lowest BCUT2D eigenvalue weighted by atomic mass is 9.77. The molecule has 0 amide bonds. The number of Topliss-reactive ketones (excluding diaryl/α,β-unsaturated/α-hetero) is 1. The summed E-state index contributed by atoms with van der Waals surface area (Å²) in [6.45, 7) is 0. The summed E-state index contributed by atoms with van der Waals surface area (Å²) in [6, 6.07) is 7.79.